The van der Waals surface area contributed by atoms with Gasteiger partial charge in [-0.1, -0.05) is 0 Å². The summed E-state index contributed by atoms with van der Waals surface area (Å²) in [6.45, 7) is -1.35. The van der Waals surface area contributed by atoms with Gasteiger partial charge in [-0.25, -0.2) is 9.07 Å². The molecule has 3 rings (SSSR count). The number of ether oxygens (including phenoxy) is 2. The Morgan fingerprint density at radius 2 is 1.86 bits per heavy atom. The number of nitrogens with one attached hydrogen (secondary N) is 1. The molecule has 0 atom stereocenters. The minimum atomic E-state index is -3.03. The van der Waals surface area contributed by atoms with Gasteiger partial charge in [-0.2, -0.15) is 13.9 Å². The summed E-state index contributed by atoms with van der Waals surface area (Å²) in [5.74, 6) is -0.959. The number of amides is 1. The fourth-order valence-electron chi connectivity index (χ4n) is 2.62. The summed E-state index contributed by atoms with van der Waals surface area (Å²) < 4.78 is 49.0. The maximum atomic E-state index is 13.1. The Hall–Kier alpha value is -3.49. The predicted molar refractivity (Wildman–Crippen MR) is 95.8 cm³/mol. The molecule has 2 aromatic carbocycles. The van der Waals surface area contributed by atoms with E-state index in [1.54, 1.807) is 6.92 Å². The average molecular weight is 391 g/mol. The fraction of sp³-hybridized carbons (Fsp3) is 0.158. The molecule has 0 aliphatic heterocycles. The van der Waals surface area contributed by atoms with Crippen molar-refractivity contribution in [2.45, 2.75) is 13.5 Å². The molecule has 0 bridgehead atoms. The fourth-order valence-corrected chi connectivity index (χ4v) is 2.62. The van der Waals surface area contributed by atoms with Crippen molar-refractivity contribution in [3.8, 4) is 17.2 Å². The molecular formula is C19H16F3N3O3. The number of methoxy groups -OCH3 is 1. The molecule has 0 aliphatic carbocycles. The normalized spacial score (nSPS) is 10.8. The van der Waals surface area contributed by atoms with Crippen LogP contribution in [0.2, 0.25) is 0 Å². The van der Waals surface area contributed by atoms with Crippen LogP contribution in [0, 0.1) is 12.7 Å². The smallest absolute Gasteiger partial charge is 0.387 e. The van der Waals surface area contributed by atoms with Gasteiger partial charge in [0.05, 0.1) is 30.3 Å². The van der Waals surface area contributed by atoms with Crippen LogP contribution in [-0.2, 0) is 0 Å². The number of aromatic nitrogens is 2. The third-order valence-corrected chi connectivity index (χ3v) is 3.96. The van der Waals surface area contributed by atoms with Crippen molar-refractivity contribution >= 4 is 11.6 Å². The molecule has 1 aromatic heterocycles. The maximum absolute atomic E-state index is 13.1. The minimum Gasteiger partial charge on any atom is -0.493 e. The molecule has 9 heteroatoms. The molecule has 146 valence electrons. The Kier molecular flexibility index (Phi) is 5.53. The first-order valence-electron chi connectivity index (χ1n) is 8.14. The Balaban J connectivity index is 1.83. The Labute approximate surface area is 158 Å². The highest BCUT2D eigenvalue weighted by molar-refractivity contribution is 6.05. The molecule has 6 nitrogen and oxygen atoms in total. The van der Waals surface area contributed by atoms with E-state index in [1.165, 1.54) is 60.5 Å². The molecule has 0 saturated carbocycles. The van der Waals surface area contributed by atoms with Gasteiger partial charge in [0, 0.05) is 11.8 Å². The molecule has 0 spiro atoms. The van der Waals surface area contributed by atoms with Crippen LogP contribution in [-0.4, -0.2) is 29.4 Å². The molecule has 0 fully saturated rings. The Morgan fingerprint density at radius 1 is 1.14 bits per heavy atom. The van der Waals surface area contributed by atoms with Crippen LogP contribution in [0.1, 0.15) is 16.1 Å². The minimum absolute atomic E-state index is 0.110. The van der Waals surface area contributed by atoms with Gasteiger partial charge in [0.1, 0.15) is 5.82 Å². The van der Waals surface area contributed by atoms with Gasteiger partial charge in [0.2, 0.25) is 0 Å². The molecule has 28 heavy (non-hydrogen) atoms. The van der Waals surface area contributed by atoms with Crippen LogP contribution in [0.4, 0.5) is 18.9 Å². The van der Waals surface area contributed by atoms with Gasteiger partial charge in [-0.3, -0.25) is 4.79 Å². The molecule has 1 N–H and O–H groups in total. The van der Waals surface area contributed by atoms with E-state index < -0.39 is 12.5 Å². The molecule has 0 saturated heterocycles. The lowest BCUT2D eigenvalue weighted by Gasteiger charge is -2.12. The molecular weight excluding hydrogens is 375 g/mol. The van der Waals surface area contributed by atoms with Gasteiger partial charge < -0.3 is 14.8 Å². The zero-order valence-electron chi connectivity index (χ0n) is 14.9. The number of hydrogen-bond donors (Lipinski definition) is 1. The summed E-state index contributed by atoms with van der Waals surface area (Å²) in [4.78, 5) is 12.6. The van der Waals surface area contributed by atoms with E-state index in [-0.39, 0.29) is 28.6 Å². The van der Waals surface area contributed by atoms with E-state index >= 15 is 0 Å². The predicted octanol–water partition coefficient (Wildman–Crippen LogP) is 4.18. The number of benzene rings is 2. The second-order valence-electron chi connectivity index (χ2n) is 5.73. The summed E-state index contributed by atoms with van der Waals surface area (Å²) in [6.07, 6.45) is 1.37. The van der Waals surface area contributed by atoms with Crippen molar-refractivity contribution in [1.82, 2.24) is 9.78 Å². The van der Waals surface area contributed by atoms with Crippen molar-refractivity contribution in [3.63, 3.8) is 0 Å². The van der Waals surface area contributed by atoms with Crippen molar-refractivity contribution in [3.05, 3.63) is 65.7 Å². The summed E-state index contributed by atoms with van der Waals surface area (Å²) in [5.41, 5.74) is 1.64. The van der Waals surface area contributed by atoms with Crippen molar-refractivity contribution in [2.24, 2.45) is 0 Å². The van der Waals surface area contributed by atoms with Crippen LogP contribution in [0.5, 0.6) is 11.5 Å². The van der Waals surface area contributed by atoms with Crippen molar-refractivity contribution < 1.29 is 27.4 Å². The van der Waals surface area contributed by atoms with Gasteiger partial charge in [-0.15, -0.1) is 0 Å². The molecule has 3 aromatic rings. The Bertz CT molecular complexity index is 988. The number of carbonyl (C=O) groups is 1. The third-order valence-electron chi connectivity index (χ3n) is 3.96. The van der Waals surface area contributed by atoms with Crippen LogP contribution in [0.25, 0.3) is 5.69 Å². The van der Waals surface area contributed by atoms with Gasteiger partial charge >= 0.3 is 6.61 Å². The number of anilines is 1. The van der Waals surface area contributed by atoms with E-state index in [1.807, 2.05) is 0 Å². The van der Waals surface area contributed by atoms with Crippen molar-refractivity contribution in [1.29, 1.82) is 0 Å². The molecule has 0 unspecified atom stereocenters. The molecule has 1 heterocycles. The number of hydrogen-bond acceptors (Lipinski definition) is 4. The molecule has 0 aliphatic rings. The van der Waals surface area contributed by atoms with Gasteiger partial charge in [0.15, 0.2) is 11.5 Å². The summed E-state index contributed by atoms with van der Waals surface area (Å²) >= 11 is 0. The first-order valence-corrected chi connectivity index (χ1v) is 8.14. The number of nitrogens with zero attached hydrogens (tertiary/aromatic N) is 2. The second-order valence-corrected chi connectivity index (χ2v) is 5.73. The Morgan fingerprint density at radius 3 is 2.50 bits per heavy atom. The quantitative estimate of drug-likeness (QED) is 0.685. The largest absolute Gasteiger partial charge is 0.493 e. The van der Waals surface area contributed by atoms with E-state index in [0.29, 0.717) is 11.4 Å². The monoisotopic (exact) mass is 391 g/mol. The van der Waals surface area contributed by atoms with Crippen molar-refractivity contribution in [2.75, 3.05) is 12.4 Å². The SMILES string of the molecule is COc1ccc(NC(=O)c2cnn(-c3ccc(F)cc3)c2C)cc1OC(F)F. The lowest BCUT2D eigenvalue weighted by atomic mass is 10.2. The zero-order valence-corrected chi connectivity index (χ0v) is 14.9. The highest BCUT2D eigenvalue weighted by atomic mass is 19.3. The first-order chi connectivity index (χ1) is 13.4. The van der Waals surface area contributed by atoms with Gasteiger partial charge in [0.25, 0.3) is 5.91 Å². The average Bonchev–Trinajstić information content (AvgIpc) is 3.04. The number of halogens is 3. The van der Waals surface area contributed by atoms with E-state index in [2.05, 4.69) is 15.2 Å². The number of carbonyl (C=O) groups excluding carboxylic acids is 1. The summed E-state index contributed by atoms with van der Waals surface area (Å²) in [5, 5.41) is 6.76. The molecule has 1 amide bonds. The van der Waals surface area contributed by atoms with Crippen LogP contribution < -0.4 is 14.8 Å². The van der Waals surface area contributed by atoms with Crippen LogP contribution >= 0.6 is 0 Å². The third kappa shape index (κ3) is 4.08. The lowest BCUT2D eigenvalue weighted by Crippen LogP contribution is -2.13. The second kappa shape index (κ2) is 8.03. The standard InChI is InChI=1S/C19H16F3N3O3/c1-11-15(10-23-25(11)14-6-3-12(20)4-7-14)18(26)24-13-5-8-16(27-2)17(9-13)28-19(21)22/h3-10,19H,1-2H3,(H,24,26). The van der Waals surface area contributed by atoms with E-state index in [9.17, 15) is 18.0 Å². The first kappa shape index (κ1) is 19.3. The van der Waals surface area contributed by atoms with E-state index in [4.69, 9.17) is 4.74 Å². The van der Waals surface area contributed by atoms with Crippen LogP contribution in [0.15, 0.2) is 48.7 Å². The van der Waals surface area contributed by atoms with E-state index in [0.717, 1.165) is 0 Å². The van der Waals surface area contributed by atoms with Gasteiger partial charge in [-0.05, 0) is 43.3 Å². The number of alkyl halides is 2. The lowest BCUT2D eigenvalue weighted by molar-refractivity contribution is -0.0511. The van der Waals surface area contributed by atoms with Crippen LogP contribution in [0.3, 0.4) is 0 Å². The maximum Gasteiger partial charge on any atom is 0.387 e. The highest BCUT2D eigenvalue weighted by Crippen LogP contribution is 2.31. The zero-order chi connectivity index (χ0) is 20.3. The highest BCUT2D eigenvalue weighted by Gasteiger charge is 2.17. The number of rotatable bonds is 6. The summed E-state index contributed by atoms with van der Waals surface area (Å²) in [6, 6.07) is 9.79. The summed E-state index contributed by atoms with van der Waals surface area (Å²) in [7, 11) is 1.32. The topological polar surface area (TPSA) is 65.4 Å². The molecule has 0 radical (unpaired) electrons.